The lowest BCUT2D eigenvalue weighted by molar-refractivity contribution is -0.151. The van der Waals surface area contributed by atoms with Gasteiger partial charge in [0, 0.05) is 38.3 Å². The van der Waals surface area contributed by atoms with Crippen LogP contribution in [-0.4, -0.2) is 69.4 Å². The summed E-state index contributed by atoms with van der Waals surface area (Å²) in [6.45, 7) is 14.6. The van der Waals surface area contributed by atoms with Gasteiger partial charge >= 0.3 is 11.9 Å². The van der Waals surface area contributed by atoms with Crippen LogP contribution in [0.5, 0.6) is 0 Å². The van der Waals surface area contributed by atoms with E-state index in [0.717, 1.165) is 128 Å². The highest BCUT2D eigenvalue weighted by Gasteiger charge is 2.17. The van der Waals surface area contributed by atoms with Crippen molar-refractivity contribution >= 4 is 11.9 Å². The van der Waals surface area contributed by atoms with E-state index in [2.05, 4.69) is 55.3 Å². The van der Waals surface area contributed by atoms with Crippen molar-refractivity contribution in [2.24, 2.45) is 0 Å². The maximum atomic E-state index is 12.9. The number of aryl methyl sites for hydroxylation is 2. The first kappa shape index (κ1) is 61.1. The predicted molar refractivity (Wildman–Crippen MR) is 277 cm³/mol. The lowest BCUT2D eigenvalue weighted by Gasteiger charge is -2.25. The summed E-state index contributed by atoms with van der Waals surface area (Å²) >= 11 is 0. The number of hydrogen-bond donors (Lipinski definition) is 1. The van der Waals surface area contributed by atoms with Crippen LogP contribution in [0, 0.1) is 6.92 Å². The quantitative estimate of drug-likeness (QED) is 0.0514. The summed E-state index contributed by atoms with van der Waals surface area (Å²) in [6.07, 6.45) is 49.1. The minimum absolute atomic E-state index is 0.00596. The first-order valence-corrected chi connectivity index (χ1v) is 28.6. The van der Waals surface area contributed by atoms with E-state index in [1.54, 1.807) is 0 Å². The third-order valence-electron chi connectivity index (χ3n) is 13.7. The fourth-order valence-electron chi connectivity index (χ4n) is 9.37. The maximum absolute atomic E-state index is 12.9. The lowest BCUT2D eigenvalue weighted by Crippen LogP contribution is -2.34. The van der Waals surface area contributed by atoms with Crippen molar-refractivity contribution in [1.29, 1.82) is 0 Å². The van der Waals surface area contributed by atoms with Gasteiger partial charge in [0.2, 0.25) is 0 Å². The number of ether oxygens (including phenoxy) is 2. The van der Waals surface area contributed by atoms with Crippen LogP contribution in [0.4, 0.5) is 0 Å². The molecule has 0 bridgehead atoms. The lowest BCUT2D eigenvalue weighted by atomic mass is 10.0. The van der Waals surface area contributed by atoms with E-state index < -0.39 is 0 Å². The van der Waals surface area contributed by atoms with Crippen LogP contribution >= 0.6 is 0 Å². The van der Waals surface area contributed by atoms with Crippen molar-refractivity contribution in [3.8, 4) is 0 Å². The van der Waals surface area contributed by atoms with Crippen LogP contribution in [0.25, 0.3) is 0 Å². The third kappa shape index (κ3) is 38.7. The molecule has 1 atom stereocenters. The Kier molecular flexibility index (Phi) is 43.1. The summed E-state index contributed by atoms with van der Waals surface area (Å²) in [5, 5.41) is 11.2. The molecule has 0 aromatic carbocycles. The zero-order chi connectivity index (χ0) is 47.3. The van der Waals surface area contributed by atoms with E-state index in [0.29, 0.717) is 19.4 Å². The smallest absolute Gasteiger partial charge is 0.306 e. The number of aliphatic hydroxyl groups is 1. The molecular formula is C57H109N3O5. The molecule has 382 valence electrons. The van der Waals surface area contributed by atoms with Crippen molar-refractivity contribution in [2.45, 2.75) is 316 Å². The molecule has 1 heterocycles. The summed E-state index contributed by atoms with van der Waals surface area (Å²) in [5.74, 6) is 1.02. The summed E-state index contributed by atoms with van der Waals surface area (Å²) < 4.78 is 14.4. The number of rotatable bonds is 50. The molecule has 0 aliphatic carbocycles. The van der Waals surface area contributed by atoms with Gasteiger partial charge in [-0.3, -0.25) is 9.59 Å². The average molecular weight is 917 g/mol. The van der Waals surface area contributed by atoms with Gasteiger partial charge in [-0.2, -0.15) is 0 Å². The van der Waals surface area contributed by atoms with E-state index in [1.807, 2.05) is 6.20 Å². The fraction of sp³-hybridized carbons (Fsp3) is 0.912. The van der Waals surface area contributed by atoms with Crippen molar-refractivity contribution in [3.63, 3.8) is 0 Å². The molecule has 1 N–H and O–H groups in total. The molecule has 0 amide bonds. The van der Waals surface area contributed by atoms with E-state index in [1.165, 1.54) is 141 Å². The number of aromatic nitrogens is 2. The molecule has 0 fully saturated rings. The molecule has 65 heavy (non-hydrogen) atoms. The van der Waals surface area contributed by atoms with Crippen LogP contribution < -0.4 is 0 Å². The number of nitrogens with zero attached hydrogens (tertiary/aromatic N) is 3. The van der Waals surface area contributed by atoms with Crippen LogP contribution in [0.15, 0.2) is 12.4 Å². The fourth-order valence-corrected chi connectivity index (χ4v) is 9.37. The van der Waals surface area contributed by atoms with E-state index in [4.69, 9.17) is 9.47 Å². The van der Waals surface area contributed by atoms with Crippen molar-refractivity contribution < 1.29 is 24.2 Å². The molecule has 1 aromatic rings. The van der Waals surface area contributed by atoms with Crippen LogP contribution in [-0.2, 0) is 25.6 Å². The predicted octanol–water partition coefficient (Wildman–Crippen LogP) is 16.4. The summed E-state index contributed by atoms with van der Waals surface area (Å²) in [6, 6.07) is 0. The number of imidazole rings is 1. The molecule has 8 heteroatoms. The molecule has 0 aliphatic heterocycles. The minimum Gasteiger partial charge on any atom is -0.462 e. The van der Waals surface area contributed by atoms with Crippen molar-refractivity contribution in [3.05, 3.63) is 18.2 Å². The molecule has 8 nitrogen and oxygen atoms in total. The second kappa shape index (κ2) is 45.8. The maximum Gasteiger partial charge on any atom is 0.306 e. The largest absolute Gasteiger partial charge is 0.462 e. The highest BCUT2D eigenvalue weighted by atomic mass is 16.5. The molecule has 0 aliphatic rings. The van der Waals surface area contributed by atoms with Crippen LogP contribution in [0.1, 0.15) is 290 Å². The zero-order valence-corrected chi connectivity index (χ0v) is 43.9. The van der Waals surface area contributed by atoms with Crippen LogP contribution in [0.3, 0.4) is 0 Å². The molecule has 1 unspecified atom stereocenters. The van der Waals surface area contributed by atoms with Gasteiger partial charge in [0.05, 0.1) is 6.10 Å². The molecular weight excluding hydrogens is 807 g/mol. The minimum atomic E-state index is -0.368. The number of unbranched alkanes of at least 4 members (excludes halogenated alkanes) is 26. The Bertz CT molecular complexity index is 1140. The van der Waals surface area contributed by atoms with Gasteiger partial charge in [0.25, 0.3) is 0 Å². The summed E-state index contributed by atoms with van der Waals surface area (Å²) in [4.78, 5) is 32.7. The Morgan fingerprint density at radius 2 is 0.862 bits per heavy atom. The Balaban J connectivity index is 2.46. The first-order valence-electron chi connectivity index (χ1n) is 28.6. The SMILES string of the molecule is CCCCCCCCC(CCCCCCCC)OC(=O)CCCCCCCN(CCCn1ccnc1C)CC(O)CCCCCC(=O)OC(CCCCCCCC)CCCCCCCC. The topological polar surface area (TPSA) is 93.9 Å². The molecule has 1 rings (SSSR count). The van der Waals surface area contributed by atoms with Gasteiger partial charge in [0.15, 0.2) is 0 Å². The van der Waals surface area contributed by atoms with Gasteiger partial charge < -0.3 is 24.0 Å². The van der Waals surface area contributed by atoms with Gasteiger partial charge in [-0.15, -0.1) is 0 Å². The van der Waals surface area contributed by atoms with E-state index >= 15 is 0 Å². The summed E-state index contributed by atoms with van der Waals surface area (Å²) in [5.41, 5.74) is 0. The van der Waals surface area contributed by atoms with Crippen molar-refractivity contribution in [2.75, 3.05) is 19.6 Å². The number of carbonyl (C=O) groups is 2. The number of carbonyl (C=O) groups excluding carboxylic acids is 2. The van der Waals surface area contributed by atoms with Gasteiger partial charge in [-0.25, -0.2) is 4.98 Å². The molecule has 0 radical (unpaired) electrons. The van der Waals surface area contributed by atoms with Gasteiger partial charge in [0.1, 0.15) is 18.0 Å². The number of hydrogen-bond acceptors (Lipinski definition) is 7. The average Bonchev–Trinajstić information content (AvgIpc) is 3.71. The Morgan fingerprint density at radius 3 is 1.28 bits per heavy atom. The van der Waals surface area contributed by atoms with Gasteiger partial charge in [-0.05, 0) is 103 Å². The zero-order valence-electron chi connectivity index (χ0n) is 43.9. The standard InChI is InChI=1S/C57H109N3O5/c1-6-10-14-18-23-31-40-54(41-32-24-19-15-11-7-2)64-56(62)44-35-27-22-28-37-47-59(48-38-49-60-50-46-58-52(60)5)51-53(61)39-30-29-36-45-57(63)65-55(42-33-25-20-16-12-8-3)43-34-26-21-17-13-9-4/h46,50,53-55,61H,6-45,47-49,51H2,1-5H3. The Hall–Kier alpha value is -1.93. The second-order valence-corrected chi connectivity index (χ2v) is 20.0. The molecule has 0 spiro atoms. The normalized spacial score (nSPS) is 12.3. The molecule has 0 saturated carbocycles. The monoisotopic (exact) mass is 916 g/mol. The number of esters is 2. The molecule has 0 saturated heterocycles. The van der Waals surface area contributed by atoms with Crippen LogP contribution in [0.2, 0.25) is 0 Å². The first-order chi connectivity index (χ1) is 31.8. The van der Waals surface area contributed by atoms with Crippen molar-refractivity contribution in [1.82, 2.24) is 14.5 Å². The summed E-state index contributed by atoms with van der Waals surface area (Å²) in [7, 11) is 0. The highest BCUT2D eigenvalue weighted by molar-refractivity contribution is 5.69. The van der Waals surface area contributed by atoms with Gasteiger partial charge in [-0.1, -0.05) is 188 Å². The van der Waals surface area contributed by atoms with E-state index in [-0.39, 0.29) is 30.3 Å². The van der Waals surface area contributed by atoms with E-state index in [9.17, 15) is 14.7 Å². The molecule has 1 aromatic heterocycles. The second-order valence-electron chi connectivity index (χ2n) is 20.0. The Labute approximate surface area is 403 Å². The highest BCUT2D eigenvalue weighted by Crippen LogP contribution is 2.21. The number of aliphatic hydroxyl groups excluding tert-OH is 1. The Morgan fingerprint density at radius 1 is 0.508 bits per heavy atom. The third-order valence-corrected chi connectivity index (χ3v) is 13.7.